The molecule has 0 radical (unpaired) electrons. The Kier molecular flexibility index (Phi) is 5.02. The van der Waals surface area contributed by atoms with Gasteiger partial charge in [-0.2, -0.15) is 5.26 Å². The Morgan fingerprint density at radius 2 is 2.00 bits per heavy atom. The molecule has 134 valence electrons. The number of nitrogens with zero attached hydrogens (tertiary/aromatic N) is 4. The number of nitriles is 1. The standard InChI is InChI=1S/C19H20ClN5O/c20-17-8-15(14-2-5-25(6-3-14)16-11-26-12-16)9-19(23-17)24-18-7-13(10-21)1-4-22-18/h1,4,7-9,14,16H,2-3,5-6,11-12H2,(H,22,23,24). The number of hydrogen-bond acceptors (Lipinski definition) is 6. The Bertz CT molecular complexity index is 825. The molecular weight excluding hydrogens is 350 g/mol. The Balaban J connectivity index is 1.47. The van der Waals surface area contributed by atoms with Crippen molar-refractivity contribution in [3.8, 4) is 6.07 Å². The van der Waals surface area contributed by atoms with Gasteiger partial charge in [-0.3, -0.25) is 4.90 Å². The topological polar surface area (TPSA) is 74.1 Å². The monoisotopic (exact) mass is 369 g/mol. The number of hydrogen-bond donors (Lipinski definition) is 1. The molecule has 7 heteroatoms. The normalized spacial score (nSPS) is 18.9. The molecule has 0 aromatic carbocycles. The van der Waals surface area contributed by atoms with Gasteiger partial charge in [0.1, 0.15) is 16.8 Å². The molecule has 2 aliphatic rings. The van der Waals surface area contributed by atoms with Crippen molar-refractivity contribution in [2.45, 2.75) is 24.8 Å². The summed E-state index contributed by atoms with van der Waals surface area (Å²) in [4.78, 5) is 11.1. The quantitative estimate of drug-likeness (QED) is 0.833. The maximum absolute atomic E-state index is 9.01. The van der Waals surface area contributed by atoms with E-state index in [1.54, 1.807) is 18.3 Å². The van der Waals surface area contributed by atoms with Crippen molar-refractivity contribution in [2.24, 2.45) is 0 Å². The molecule has 2 saturated heterocycles. The molecule has 2 aromatic rings. The van der Waals surface area contributed by atoms with Crippen LogP contribution in [0.3, 0.4) is 0 Å². The van der Waals surface area contributed by atoms with E-state index < -0.39 is 0 Å². The van der Waals surface area contributed by atoms with Crippen LogP contribution in [0, 0.1) is 11.3 Å². The van der Waals surface area contributed by atoms with Crippen molar-refractivity contribution in [1.29, 1.82) is 5.26 Å². The molecule has 1 N–H and O–H groups in total. The van der Waals surface area contributed by atoms with Crippen molar-refractivity contribution >= 4 is 23.2 Å². The fraction of sp³-hybridized carbons (Fsp3) is 0.421. The number of pyridine rings is 2. The van der Waals surface area contributed by atoms with Gasteiger partial charge in [-0.05, 0) is 61.7 Å². The molecule has 2 aliphatic heterocycles. The summed E-state index contributed by atoms with van der Waals surface area (Å²) in [5.74, 6) is 1.72. The van der Waals surface area contributed by atoms with Crippen LogP contribution in [-0.4, -0.2) is 47.2 Å². The lowest BCUT2D eigenvalue weighted by Gasteiger charge is -2.41. The largest absolute Gasteiger partial charge is 0.378 e. The van der Waals surface area contributed by atoms with Crippen molar-refractivity contribution < 1.29 is 4.74 Å². The summed E-state index contributed by atoms with van der Waals surface area (Å²) >= 11 is 6.25. The lowest BCUT2D eigenvalue weighted by atomic mass is 9.89. The predicted octanol–water partition coefficient (Wildman–Crippen LogP) is 3.32. The van der Waals surface area contributed by atoms with Crippen LogP contribution in [-0.2, 0) is 4.74 Å². The third-order valence-corrected chi connectivity index (χ3v) is 5.29. The summed E-state index contributed by atoms with van der Waals surface area (Å²) in [6.07, 6.45) is 3.82. The second kappa shape index (κ2) is 7.58. The van der Waals surface area contributed by atoms with Crippen molar-refractivity contribution in [1.82, 2.24) is 14.9 Å². The van der Waals surface area contributed by atoms with Crippen LogP contribution in [0.4, 0.5) is 11.6 Å². The van der Waals surface area contributed by atoms with Gasteiger partial charge in [0.15, 0.2) is 0 Å². The minimum Gasteiger partial charge on any atom is -0.378 e. The van der Waals surface area contributed by atoms with E-state index in [2.05, 4.69) is 26.3 Å². The number of nitrogens with one attached hydrogen (secondary N) is 1. The van der Waals surface area contributed by atoms with Crippen LogP contribution < -0.4 is 5.32 Å². The molecule has 0 spiro atoms. The number of rotatable bonds is 4. The average molecular weight is 370 g/mol. The summed E-state index contributed by atoms with van der Waals surface area (Å²) in [6.45, 7) is 3.92. The molecule has 0 bridgehead atoms. The maximum Gasteiger partial charge on any atom is 0.133 e. The summed E-state index contributed by atoms with van der Waals surface area (Å²) in [6, 6.07) is 10.1. The Labute approximate surface area is 157 Å². The van der Waals surface area contributed by atoms with Gasteiger partial charge in [-0.25, -0.2) is 9.97 Å². The third-order valence-electron chi connectivity index (χ3n) is 5.10. The van der Waals surface area contributed by atoms with Crippen LogP contribution in [0.1, 0.15) is 29.9 Å². The van der Waals surface area contributed by atoms with E-state index in [4.69, 9.17) is 21.6 Å². The van der Waals surface area contributed by atoms with E-state index in [9.17, 15) is 0 Å². The van der Waals surface area contributed by atoms with Gasteiger partial charge < -0.3 is 10.1 Å². The summed E-state index contributed by atoms with van der Waals surface area (Å²) in [7, 11) is 0. The van der Waals surface area contributed by atoms with Gasteiger partial charge in [0.2, 0.25) is 0 Å². The molecule has 4 rings (SSSR count). The highest BCUT2D eigenvalue weighted by Crippen LogP contribution is 2.32. The van der Waals surface area contributed by atoms with E-state index >= 15 is 0 Å². The number of likely N-dealkylation sites (tertiary alicyclic amines) is 1. The lowest BCUT2D eigenvalue weighted by molar-refractivity contribution is -0.0712. The van der Waals surface area contributed by atoms with E-state index in [1.165, 1.54) is 5.56 Å². The van der Waals surface area contributed by atoms with Gasteiger partial charge in [-0.15, -0.1) is 0 Å². The molecule has 6 nitrogen and oxygen atoms in total. The second-order valence-corrected chi connectivity index (χ2v) is 7.16. The van der Waals surface area contributed by atoms with Crippen LogP contribution in [0.15, 0.2) is 30.5 Å². The summed E-state index contributed by atoms with van der Waals surface area (Å²) in [5, 5.41) is 12.6. The molecule has 0 amide bonds. The second-order valence-electron chi connectivity index (χ2n) is 6.78. The highest BCUT2D eigenvalue weighted by Gasteiger charge is 2.30. The minimum absolute atomic E-state index is 0.469. The first-order chi connectivity index (χ1) is 12.7. The average Bonchev–Trinajstić information content (AvgIpc) is 2.60. The van der Waals surface area contributed by atoms with Crippen molar-refractivity contribution in [3.05, 3.63) is 46.7 Å². The predicted molar refractivity (Wildman–Crippen MR) is 99.6 cm³/mol. The summed E-state index contributed by atoms with van der Waals surface area (Å²) in [5.41, 5.74) is 1.76. The van der Waals surface area contributed by atoms with Crippen molar-refractivity contribution in [2.75, 3.05) is 31.6 Å². The molecule has 0 atom stereocenters. The number of halogens is 1. The lowest BCUT2D eigenvalue weighted by Crippen LogP contribution is -2.51. The fourth-order valence-corrected chi connectivity index (χ4v) is 3.77. The highest BCUT2D eigenvalue weighted by molar-refractivity contribution is 6.29. The zero-order chi connectivity index (χ0) is 17.9. The Morgan fingerprint density at radius 3 is 2.69 bits per heavy atom. The molecular formula is C19H20ClN5O. The molecule has 26 heavy (non-hydrogen) atoms. The number of ether oxygens (including phenoxy) is 1. The van der Waals surface area contributed by atoms with E-state index in [1.807, 2.05) is 12.1 Å². The zero-order valence-corrected chi connectivity index (χ0v) is 15.1. The van der Waals surface area contributed by atoms with Gasteiger partial charge in [0.25, 0.3) is 0 Å². The molecule has 2 fully saturated rings. The van der Waals surface area contributed by atoms with Crippen LogP contribution in [0.5, 0.6) is 0 Å². The van der Waals surface area contributed by atoms with Crippen LogP contribution >= 0.6 is 11.6 Å². The molecule has 4 heterocycles. The smallest absolute Gasteiger partial charge is 0.133 e. The van der Waals surface area contributed by atoms with Gasteiger partial charge in [0, 0.05) is 6.20 Å². The number of anilines is 2. The first-order valence-corrected chi connectivity index (χ1v) is 9.21. The van der Waals surface area contributed by atoms with E-state index in [0.29, 0.717) is 34.3 Å². The minimum atomic E-state index is 0.469. The molecule has 0 saturated carbocycles. The molecule has 0 aliphatic carbocycles. The Morgan fingerprint density at radius 1 is 1.19 bits per heavy atom. The fourth-order valence-electron chi connectivity index (χ4n) is 3.55. The molecule has 2 aromatic heterocycles. The number of aromatic nitrogens is 2. The van der Waals surface area contributed by atoms with Gasteiger partial charge >= 0.3 is 0 Å². The third kappa shape index (κ3) is 3.80. The highest BCUT2D eigenvalue weighted by atomic mass is 35.5. The first kappa shape index (κ1) is 17.2. The van der Waals surface area contributed by atoms with E-state index in [-0.39, 0.29) is 0 Å². The SMILES string of the molecule is N#Cc1ccnc(Nc2cc(C3CCN(C4COC4)CC3)cc(Cl)n2)c1. The molecule has 0 unspecified atom stereocenters. The van der Waals surface area contributed by atoms with Crippen molar-refractivity contribution in [3.63, 3.8) is 0 Å². The van der Waals surface area contributed by atoms with Gasteiger partial charge in [0.05, 0.1) is 30.9 Å². The Hall–Kier alpha value is -2.20. The van der Waals surface area contributed by atoms with Gasteiger partial charge in [-0.1, -0.05) is 11.6 Å². The maximum atomic E-state index is 9.01. The first-order valence-electron chi connectivity index (χ1n) is 8.84. The number of piperidine rings is 1. The van der Waals surface area contributed by atoms with Crippen LogP contribution in [0.25, 0.3) is 0 Å². The summed E-state index contributed by atoms with van der Waals surface area (Å²) < 4.78 is 5.30. The van der Waals surface area contributed by atoms with E-state index in [0.717, 1.165) is 39.1 Å². The zero-order valence-electron chi connectivity index (χ0n) is 14.4. The van der Waals surface area contributed by atoms with Crippen LogP contribution in [0.2, 0.25) is 5.15 Å².